The van der Waals surface area contributed by atoms with Gasteiger partial charge in [-0.3, -0.25) is 0 Å². The number of hydrogen-bond donors (Lipinski definition) is 2. The van der Waals surface area contributed by atoms with Crippen molar-refractivity contribution >= 4 is 23.0 Å². The van der Waals surface area contributed by atoms with Gasteiger partial charge in [0, 0.05) is 6.54 Å². The van der Waals surface area contributed by atoms with Crippen LogP contribution in [0.2, 0.25) is 0 Å². The van der Waals surface area contributed by atoms with Gasteiger partial charge in [0.15, 0.2) is 0 Å². The molecule has 0 spiro atoms. The molecule has 0 fully saturated rings. The molecule has 5 heteroatoms. The van der Waals surface area contributed by atoms with Gasteiger partial charge in [-0.2, -0.15) is 0 Å². The number of aryl methyl sites for hydroxylation is 2. The van der Waals surface area contributed by atoms with Crippen molar-refractivity contribution in [2.45, 2.75) is 19.4 Å². The lowest BCUT2D eigenvalue weighted by Crippen LogP contribution is -2.17. The Kier molecular flexibility index (Phi) is 4.90. The van der Waals surface area contributed by atoms with Crippen LogP contribution in [0, 0.1) is 0 Å². The molecular formula is C15H18N4S. The summed E-state index contributed by atoms with van der Waals surface area (Å²) in [6.45, 7) is 4.40. The largest absolute Gasteiger partial charge is 0.383 e. The predicted octanol–water partition coefficient (Wildman–Crippen LogP) is 2.51. The number of hydrogen-bond acceptors (Lipinski definition) is 3. The molecule has 104 valence electrons. The number of thiocarbonyl (C=S) groups is 1. The number of rotatable bonds is 6. The number of nitrogens with zero attached hydrogens (tertiary/aromatic N) is 2. The summed E-state index contributed by atoms with van der Waals surface area (Å²) in [6, 6.07) is 10.4. The Balaban J connectivity index is 1.94. The Bertz CT molecular complexity index is 589. The van der Waals surface area contributed by atoms with E-state index in [1.54, 1.807) is 6.33 Å². The summed E-state index contributed by atoms with van der Waals surface area (Å²) < 4.78 is 1.93. The standard InChI is InChI=1S/C15H18N4S/c1-2-17-15(20)13-14(16)19(11-18-13)10-6-9-12-7-4-3-5-8-12/h2-5,7-8,11H,1,6,9-10,16H2,(H,17,20). The van der Waals surface area contributed by atoms with Gasteiger partial charge in [-0.05, 0) is 24.6 Å². The molecule has 0 atom stereocenters. The zero-order chi connectivity index (χ0) is 14.4. The molecule has 0 saturated heterocycles. The Labute approximate surface area is 124 Å². The second kappa shape index (κ2) is 6.86. The smallest absolute Gasteiger partial charge is 0.140 e. The maximum absolute atomic E-state index is 6.05. The van der Waals surface area contributed by atoms with Gasteiger partial charge in [-0.15, -0.1) is 0 Å². The van der Waals surface area contributed by atoms with E-state index in [1.807, 2.05) is 10.6 Å². The molecule has 1 heterocycles. The summed E-state index contributed by atoms with van der Waals surface area (Å²) in [4.78, 5) is 4.75. The van der Waals surface area contributed by atoms with E-state index >= 15 is 0 Å². The molecule has 0 aliphatic rings. The molecule has 0 radical (unpaired) electrons. The van der Waals surface area contributed by atoms with E-state index in [4.69, 9.17) is 18.0 Å². The van der Waals surface area contributed by atoms with Crippen LogP contribution in [0.5, 0.6) is 0 Å². The number of aromatic nitrogens is 2. The molecule has 0 bridgehead atoms. The van der Waals surface area contributed by atoms with Crippen LogP contribution in [-0.2, 0) is 13.0 Å². The van der Waals surface area contributed by atoms with Gasteiger partial charge < -0.3 is 15.6 Å². The number of anilines is 1. The number of benzene rings is 1. The summed E-state index contributed by atoms with van der Waals surface area (Å²) in [6.07, 6.45) is 5.28. The highest BCUT2D eigenvalue weighted by molar-refractivity contribution is 7.80. The molecule has 2 rings (SSSR count). The number of imidazole rings is 1. The Morgan fingerprint density at radius 3 is 2.85 bits per heavy atom. The SMILES string of the molecule is C=CNC(=S)c1ncn(CCCc2ccccc2)c1N. The first-order valence-electron chi connectivity index (χ1n) is 6.48. The average molecular weight is 286 g/mol. The molecule has 2 aromatic rings. The molecular weight excluding hydrogens is 268 g/mol. The van der Waals surface area contributed by atoms with Crippen LogP contribution in [0.4, 0.5) is 5.82 Å². The van der Waals surface area contributed by atoms with Crippen molar-refractivity contribution in [1.82, 2.24) is 14.9 Å². The second-order valence-corrected chi connectivity index (χ2v) is 4.85. The third-order valence-corrected chi connectivity index (χ3v) is 3.34. The molecule has 0 unspecified atom stereocenters. The first kappa shape index (κ1) is 14.3. The first-order valence-corrected chi connectivity index (χ1v) is 6.89. The zero-order valence-corrected chi connectivity index (χ0v) is 12.1. The van der Waals surface area contributed by atoms with Gasteiger partial charge in [0.05, 0.1) is 6.33 Å². The van der Waals surface area contributed by atoms with E-state index in [0.29, 0.717) is 16.5 Å². The number of nitrogens with two attached hydrogens (primary N) is 1. The topological polar surface area (TPSA) is 55.9 Å². The minimum Gasteiger partial charge on any atom is -0.383 e. The maximum Gasteiger partial charge on any atom is 0.140 e. The Hall–Kier alpha value is -2.14. The van der Waals surface area contributed by atoms with Crippen molar-refractivity contribution in [3.05, 3.63) is 60.7 Å². The first-order chi connectivity index (χ1) is 9.72. The summed E-state index contributed by atoms with van der Waals surface area (Å²) in [5.41, 5.74) is 7.99. The van der Waals surface area contributed by atoms with E-state index in [-0.39, 0.29) is 0 Å². The minimum absolute atomic E-state index is 0.499. The van der Waals surface area contributed by atoms with Gasteiger partial charge in [-0.25, -0.2) is 4.98 Å². The average Bonchev–Trinajstić information content (AvgIpc) is 2.82. The van der Waals surface area contributed by atoms with Crippen molar-refractivity contribution in [2.24, 2.45) is 0 Å². The number of nitrogens with one attached hydrogen (secondary N) is 1. The summed E-state index contributed by atoms with van der Waals surface area (Å²) in [7, 11) is 0. The normalized spacial score (nSPS) is 10.2. The molecule has 0 aliphatic heterocycles. The van der Waals surface area contributed by atoms with Gasteiger partial charge in [0.1, 0.15) is 16.5 Å². The van der Waals surface area contributed by atoms with Gasteiger partial charge in [0.25, 0.3) is 0 Å². The Morgan fingerprint density at radius 1 is 1.40 bits per heavy atom. The lowest BCUT2D eigenvalue weighted by atomic mass is 10.1. The van der Waals surface area contributed by atoms with Crippen LogP contribution in [0.25, 0.3) is 0 Å². The van der Waals surface area contributed by atoms with E-state index in [9.17, 15) is 0 Å². The van der Waals surface area contributed by atoms with Crippen LogP contribution in [0.3, 0.4) is 0 Å². The number of nitrogen functional groups attached to an aromatic ring is 1. The fourth-order valence-corrected chi connectivity index (χ4v) is 2.24. The van der Waals surface area contributed by atoms with E-state index in [1.165, 1.54) is 11.8 Å². The molecule has 0 aliphatic carbocycles. The highest BCUT2D eigenvalue weighted by Crippen LogP contribution is 2.12. The maximum atomic E-state index is 6.05. The molecule has 20 heavy (non-hydrogen) atoms. The highest BCUT2D eigenvalue weighted by atomic mass is 32.1. The second-order valence-electron chi connectivity index (χ2n) is 4.44. The summed E-state index contributed by atoms with van der Waals surface area (Å²) in [5, 5.41) is 2.84. The van der Waals surface area contributed by atoms with Crippen molar-refractivity contribution < 1.29 is 0 Å². The molecule has 1 aromatic carbocycles. The van der Waals surface area contributed by atoms with Crippen molar-refractivity contribution in [1.29, 1.82) is 0 Å². The lowest BCUT2D eigenvalue weighted by molar-refractivity contribution is 0.648. The van der Waals surface area contributed by atoms with Crippen LogP contribution in [0.1, 0.15) is 17.7 Å². The molecule has 0 amide bonds. The van der Waals surface area contributed by atoms with Crippen molar-refractivity contribution in [3.8, 4) is 0 Å². The molecule has 4 nitrogen and oxygen atoms in total. The highest BCUT2D eigenvalue weighted by Gasteiger charge is 2.11. The van der Waals surface area contributed by atoms with Crippen LogP contribution in [0.15, 0.2) is 49.4 Å². The Morgan fingerprint density at radius 2 is 2.15 bits per heavy atom. The fraction of sp³-hybridized carbons (Fsp3) is 0.200. The van der Waals surface area contributed by atoms with Crippen LogP contribution >= 0.6 is 12.2 Å². The molecule has 0 saturated carbocycles. The minimum atomic E-state index is 0.499. The van der Waals surface area contributed by atoms with Gasteiger partial charge in [0.2, 0.25) is 0 Å². The third-order valence-electron chi connectivity index (χ3n) is 3.03. The van der Waals surface area contributed by atoms with Gasteiger partial charge >= 0.3 is 0 Å². The summed E-state index contributed by atoms with van der Waals surface area (Å²) in [5.74, 6) is 0.595. The van der Waals surface area contributed by atoms with Crippen molar-refractivity contribution in [2.75, 3.05) is 5.73 Å². The lowest BCUT2D eigenvalue weighted by Gasteiger charge is -2.06. The van der Waals surface area contributed by atoms with E-state index in [0.717, 1.165) is 19.4 Å². The monoisotopic (exact) mass is 286 g/mol. The molecule has 1 aromatic heterocycles. The van der Waals surface area contributed by atoms with E-state index in [2.05, 4.69) is 41.1 Å². The van der Waals surface area contributed by atoms with Gasteiger partial charge in [-0.1, -0.05) is 49.1 Å². The van der Waals surface area contributed by atoms with Crippen molar-refractivity contribution in [3.63, 3.8) is 0 Å². The predicted molar refractivity (Wildman–Crippen MR) is 86.4 cm³/mol. The van der Waals surface area contributed by atoms with E-state index < -0.39 is 0 Å². The third kappa shape index (κ3) is 3.45. The quantitative estimate of drug-likeness (QED) is 0.801. The van der Waals surface area contributed by atoms with Crippen LogP contribution < -0.4 is 11.1 Å². The molecule has 3 N–H and O–H groups in total. The zero-order valence-electron chi connectivity index (χ0n) is 11.2. The summed E-state index contributed by atoms with van der Waals surface area (Å²) >= 11 is 5.17. The van der Waals surface area contributed by atoms with Crippen LogP contribution in [-0.4, -0.2) is 14.5 Å². The fourth-order valence-electron chi connectivity index (χ4n) is 2.00.